The second-order valence-electron chi connectivity index (χ2n) is 4.63. The van der Waals surface area contributed by atoms with Crippen molar-refractivity contribution in [1.29, 1.82) is 0 Å². The van der Waals surface area contributed by atoms with Gasteiger partial charge in [0.15, 0.2) is 0 Å². The van der Waals surface area contributed by atoms with E-state index in [1.165, 1.54) is 0 Å². The summed E-state index contributed by atoms with van der Waals surface area (Å²) in [6, 6.07) is 6.65. The highest BCUT2D eigenvalue weighted by atomic mass is 35.5. The molecule has 19 heavy (non-hydrogen) atoms. The molecule has 1 aliphatic heterocycles. The number of nitrogens with zero attached hydrogens (tertiary/aromatic N) is 1. The van der Waals surface area contributed by atoms with E-state index in [0.717, 1.165) is 0 Å². The van der Waals surface area contributed by atoms with Crippen molar-refractivity contribution in [1.82, 2.24) is 4.90 Å². The molecule has 1 N–H and O–H groups in total. The molecule has 2 rings (SSSR count). The smallest absolute Gasteiger partial charge is 0.308 e. The van der Waals surface area contributed by atoms with Crippen LogP contribution in [-0.4, -0.2) is 28.4 Å². The number of hydrogen-bond acceptors (Lipinski definition) is 2. The molecule has 1 aliphatic rings. The van der Waals surface area contributed by atoms with E-state index in [1.54, 1.807) is 23.1 Å². The highest BCUT2D eigenvalue weighted by Gasteiger charge is 2.40. The number of carboxylic acid groups (broad SMARTS) is 1. The SMILES string of the molecule is CCN1C(=O)CC[C@@H](C(=O)O)[C@H]1c1ccccc1Cl. The molecular formula is C14H16ClNO3. The number of benzene rings is 1. The highest BCUT2D eigenvalue weighted by Crippen LogP contribution is 2.39. The summed E-state index contributed by atoms with van der Waals surface area (Å²) in [7, 11) is 0. The molecule has 0 unspecified atom stereocenters. The maximum Gasteiger partial charge on any atom is 0.308 e. The molecule has 1 aromatic carbocycles. The van der Waals surface area contributed by atoms with Gasteiger partial charge >= 0.3 is 5.97 Å². The van der Waals surface area contributed by atoms with Gasteiger partial charge in [0.05, 0.1) is 12.0 Å². The van der Waals surface area contributed by atoms with Crippen molar-refractivity contribution >= 4 is 23.5 Å². The molecule has 1 amide bonds. The maximum atomic E-state index is 12.0. The molecule has 0 bridgehead atoms. The lowest BCUT2D eigenvalue weighted by Crippen LogP contribution is -2.45. The van der Waals surface area contributed by atoms with Crippen molar-refractivity contribution in [2.24, 2.45) is 5.92 Å². The largest absolute Gasteiger partial charge is 0.481 e. The molecule has 4 nitrogen and oxygen atoms in total. The van der Waals surface area contributed by atoms with Gasteiger partial charge in [-0.2, -0.15) is 0 Å². The fourth-order valence-corrected chi connectivity index (χ4v) is 2.93. The second-order valence-corrected chi connectivity index (χ2v) is 5.04. The summed E-state index contributed by atoms with van der Waals surface area (Å²) >= 11 is 6.17. The third kappa shape index (κ3) is 2.59. The quantitative estimate of drug-likeness (QED) is 0.927. The van der Waals surface area contributed by atoms with E-state index >= 15 is 0 Å². The van der Waals surface area contributed by atoms with Gasteiger partial charge < -0.3 is 10.0 Å². The third-order valence-electron chi connectivity index (χ3n) is 3.59. The van der Waals surface area contributed by atoms with Gasteiger partial charge in [0.1, 0.15) is 0 Å². The molecule has 0 aromatic heterocycles. The summed E-state index contributed by atoms with van der Waals surface area (Å²) in [5.41, 5.74) is 0.714. The summed E-state index contributed by atoms with van der Waals surface area (Å²) < 4.78 is 0. The van der Waals surface area contributed by atoms with Crippen LogP contribution in [-0.2, 0) is 9.59 Å². The predicted molar refractivity (Wildman–Crippen MR) is 71.9 cm³/mol. The van der Waals surface area contributed by atoms with E-state index in [0.29, 0.717) is 23.6 Å². The minimum Gasteiger partial charge on any atom is -0.481 e. The van der Waals surface area contributed by atoms with Crippen LogP contribution in [0.3, 0.4) is 0 Å². The van der Waals surface area contributed by atoms with Crippen LogP contribution in [0, 0.1) is 5.92 Å². The Kier molecular flexibility index (Phi) is 4.10. The minimum absolute atomic E-state index is 0.00933. The molecule has 102 valence electrons. The van der Waals surface area contributed by atoms with Crippen LogP contribution in [0.25, 0.3) is 0 Å². The Hall–Kier alpha value is -1.55. The van der Waals surface area contributed by atoms with Crippen molar-refractivity contribution in [2.45, 2.75) is 25.8 Å². The lowest BCUT2D eigenvalue weighted by atomic mass is 9.84. The number of rotatable bonds is 3. The first kappa shape index (κ1) is 13.9. The minimum atomic E-state index is -0.879. The van der Waals surface area contributed by atoms with Gasteiger partial charge in [-0.15, -0.1) is 0 Å². The number of halogens is 1. The monoisotopic (exact) mass is 281 g/mol. The van der Waals surface area contributed by atoms with Crippen LogP contribution in [0.2, 0.25) is 5.02 Å². The fourth-order valence-electron chi connectivity index (χ4n) is 2.68. The number of carboxylic acids is 1. The molecule has 1 heterocycles. The van der Waals surface area contributed by atoms with Crippen LogP contribution >= 0.6 is 11.6 Å². The van der Waals surface area contributed by atoms with Gasteiger partial charge in [-0.1, -0.05) is 29.8 Å². The zero-order valence-electron chi connectivity index (χ0n) is 10.7. The van der Waals surface area contributed by atoms with Crippen LogP contribution in [0.1, 0.15) is 31.4 Å². The average molecular weight is 282 g/mol. The molecule has 1 aromatic rings. The first-order valence-electron chi connectivity index (χ1n) is 6.33. The van der Waals surface area contributed by atoms with Gasteiger partial charge in [0, 0.05) is 18.0 Å². The lowest BCUT2D eigenvalue weighted by Gasteiger charge is -2.39. The highest BCUT2D eigenvalue weighted by molar-refractivity contribution is 6.31. The zero-order chi connectivity index (χ0) is 14.0. The van der Waals surface area contributed by atoms with Gasteiger partial charge in [-0.3, -0.25) is 9.59 Å². The number of piperidine rings is 1. The van der Waals surface area contributed by atoms with Gasteiger partial charge in [0.25, 0.3) is 0 Å². The Morgan fingerprint density at radius 2 is 2.16 bits per heavy atom. The van der Waals surface area contributed by atoms with E-state index < -0.39 is 17.9 Å². The summed E-state index contributed by atoms with van der Waals surface area (Å²) in [6.45, 7) is 2.34. The van der Waals surface area contributed by atoms with Crippen molar-refractivity contribution in [2.75, 3.05) is 6.54 Å². The molecular weight excluding hydrogens is 266 g/mol. The Morgan fingerprint density at radius 1 is 1.47 bits per heavy atom. The van der Waals surface area contributed by atoms with E-state index in [1.807, 2.05) is 13.0 Å². The van der Waals surface area contributed by atoms with Gasteiger partial charge in [-0.05, 0) is 25.0 Å². The number of amides is 1. The second kappa shape index (κ2) is 5.61. The number of hydrogen-bond donors (Lipinski definition) is 1. The zero-order valence-corrected chi connectivity index (χ0v) is 11.4. The molecule has 0 spiro atoms. The van der Waals surface area contributed by atoms with E-state index in [4.69, 9.17) is 11.6 Å². The van der Waals surface area contributed by atoms with E-state index in [2.05, 4.69) is 0 Å². The van der Waals surface area contributed by atoms with Gasteiger partial charge in [-0.25, -0.2) is 0 Å². The van der Waals surface area contributed by atoms with E-state index in [9.17, 15) is 14.7 Å². The summed E-state index contributed by atoms with van der Waals surface area (Å²) in [6.07, 6.45) is 0.645. The van der Waals surface area contributed by atoms with Gasteiger partial charge in [0.2, 0.25) is 5.91 Å². The predicted octanol–water partition coefficient (Wildman–Crippen LogP) is 2.72. The van der Waals surface area contributed by atoms with Crippen LogP contribution in [0.15, 0.2) is 24.3 Å². The number of carbonyl (C=O) groups is 2. The number of likely N-dealkylation sites (tertiary alicyclic amines) is 1. The van der Waals surface area contributed by atoms with Crippen molar-refractivity contribution < 1.29 is 14.7 Å². The Bertz CT molecular complexity index is 501. The van der Waals surface area contributed by atoms with E-state index in [-0.39, 0.29) is 12.3 Å². The van der Waals surface area contributed by atoms with Crippen molar-refractivity contribution in [3.63, 3.8) is 0 Å². The van der Waals surface area contributed by atoms with Crippen LogP contribution < -0.4 is 0 Å². The summed E-state index contributed by atoms with van der Waals surface area (Å²) in [5, 5.41) is 9.89. The number of carbonyl (C=O) groups excluding carboxylic acids is 1. The number of aliphatic carboxylic acids is 1. The normalized spacial score (nSPS) is 23.5. The Balaban J connectivity index is 2.47. The molecule has 5 heteroatoms. The first-order valence-corrected chi connectivity index (χ1v) is 6.70. The molecule has 1 saturated heterocycles. The van der Waals surface area contributed by atoms with Crippen LogP contribution in [0.4, 0.5) is 0 Å². The molecule has 0 aliphatic carbocycles. The van der Waals surface area contributed by atoms with Crippen molar-refractivity contribution in [3.05, 3.63) is 34.9 Å². The summed E-state index contributed by atoms with van der Waals surface area (Å²) in [4.78, 5) is 25.0. The maximum absolute atomic E-state index is 12.0. The lowest BCUT2D eigenvalue weighted by molar-refractivity contribution is -0.151. The summed E-state index contributed by atoms with van der Waals surface area (Å²) in [5.74, 6) is -1.49. The molecule has 0 saturated carbocycles. The Labute approximate surface area is 117 Å². The average Bonchev–Trinajstić information content (AvgIpc) is 2.38. The van der Waals surface area contributed by atoms with Crippen molar-refractivity contribution in [3.8, 4) is 0 Å². The third-order valence-corrected chi connectivity index (χ3v) is 3.93. The molecule has 1 fully saturated rings. The fraction of sp³-hybridized carbons (Fsp3) is 0.429. The topological polar surface area (TPSA) is 57.6 Å². The van der Waals surface area contributed by atoms with Crippen LogP contribution in [0.5, 0.6) is 0 Å². The Morgan fingerprint density at radius 3 is 2.74 bits per heavy atom. The first-order chi connectivity index (χ1) is 9.06. The molecule has 0 radical (unpaired) electrons. The standard InChI is InChI=1S/C14H16ClNO3/c1-2-16-12(17)8-7-10(14(18)19)13(16)9-5-3-4-6-11(9)15/h3-6,10,13H,2,7-8H2,1H3,(H,18,19)/t10-,13-/m1/s1. The molecule has 2 atom stereocenters.